The van der Waals surface area contributed by atoms with E-state index in [1.807, 2.05) is 0 Å². The largest absolute Gasteiger partial charge is 0.396 e. The Morgan fingerprint density at radius 2 is 1.36 bits per heavy atom. The molecule has 14 heavy (non-hydrogen) atoms. The van der Waals surface area contributed by atoms with Crippen molar-refractivity contribution in [2.75, 3.05) is 6.61 Å². The highest BCUT2D eigenvalue weighted by Crippen LogP contribution is 2.23. The van der Waals surface area contributed by atoms with Gasteiger partial charge in [-0.2, -0.15) is 0 Å². The molecule has 0 spiro atoms. The molecular formula is C9H8F4O. The Bertz CT molecular complexity index is 333. The molecule has 1 aromatic carbocycles. The van der Waals surface area contributed by atoms with Gasteiger partial charge in [-0.25, -0.2) is 17.6 Å². The fraction of sp³-hybridized carbons (Fsp3) is 0.333. The van der Waals surface area contributed by atoms with Gasteiger partial charge in [0.25, 0.3) is 0 Å². The zero-order valence-electron chi connectivity index (χ0n) is 7.37. The van der Waals surface area contributed by atoms with Crippen molar-refractivity contribution < 1.29 is 22.7 Å². The van der Waals surface area contributed by atoms with Crippen LogP contribution in [0.15, 0.2) is 0 Å². The second kappa shape index (κ2) is 3.96. The monoisotopic (exact) mass is 208 g/mol. The van der Waals surface area contributed by atoms with Gasteiger partial charge in [0.2, 0.25) is 0 Å². The van der Waals surface area contributed by atoms with Gasteiger partial charge in [-0.15, -0.1) is 0 Å². The van der Waals surface area contributed by atoms with E-state index in [9.17, 15) is 17.6 Å². The number of benzene rings is 1. The van der Waals surface area contributed by atoms with Crippen molar-refractivity contribution in [3.63, 3.8) is 0 Å². The van der Waals surface area contributed by atoms with Gasteiger partial charge in [-0.05, 0) is 6.92 Å². The van der Waals surface area contributed by atoms with Crippen LogP contribution in [0.4, 0.5) is 17.6 Å². The van der Waals surface area contributed by atoms with E-state index in [-0.39, 0.29) is 0 Å². The summed E-state index contributed by atoms with van der Waals surface area (Å²) in [6.07, 6.45) is -0.453. The topological polar surface area (TPSA) is 20.2 Å². The molecule has 1 aromatic rings. The third kappa shape index (κ3) is 1.59. The van der Waals surface area contributed by atoms with E-state index in [0.717, 1.165) is 6.92 Å². The molecule has 0 saturated carbocycles. The number of halogens is 4. The molecule has 1 N–H and O–H groups in total. The fourth-order valence-electron chi connectivity index (χ4n) is 1.12. The molecule has 0 amide bonds. The van der Waals surface area contributed by atoms with Crippen molar-refractivity contribution in [3.8, 4) is 0 Å². The first-order valence-electron chi connectivity index (χ1n) is 3.93. The summed E-state index contributed by atoms with van der Waals surface area (Å²) >= 11 is 0. The number of hydrogen-bond donors (Lipinski definition) is 1. The van der Waals surface area contributed by atoms with Crippen molar-refractivity contribution >= 4 is 0 Å². The Morgan fingerprint density at radius 3 is 1.71 bits per heavy atom. The predicted molar refractivity (Wildman–Crippen MR) is 41.8 cm³/mol. The number of rotatable bonds is 2. The van der Waals surface area contributed by atoms with Crippen LogP contribution in [0.2, 0.25) is 0 Å². The standard InChI is InChI=1S/C9H8F4O/c1-4-6(10)8(12)5(2-3-14)9(13)7(4)11/h14H,2-3H2,1H3. The lowest BCUT2D eigenvalue weighted by atomic mass is 10.1. The van der Waals surface area contributed by atoms with E-state index in [1.165, 1.54) is 0 Å². The highest BCUT2D eigenvalue weighted by molar-refractivity contribution is 5.29. The van der Waals surface area contributed by atoms with Crippen molar-refractivity contribution in [1.29, 1.82) is 0 Å². The van der Waals surface area contributed by atoms with E-state index < -0.39 is 47.4 Å². The maximum Gasteiger partial charge on any atom is 0.165 e. The smallest absolute Gasteiger partial charge is 0.165 e. The first-order chi connectivity index (χ1) is 6.50. The molecule has 0 saturated heterocycles. The third-order valence-corrected chi connectivity index (χ3v) is 1.94. The van der Waals surface area contributed by atoms with Crippen LogP contribution >= 0.6 is 0 Å². The lowest BCUT2D eigenvalue weighted by Gasteiger charge is -2.07. The van der Waals surface area contributed by atoms with Gasteiger partial charge in [0, 0.05) is 24.2 Å². The molecule has 5 heteroatoms. The minimum Gasteiger partial charge on any atom is -0.396 e. The van der Waals surface area contributed by atoms with E-state index in [0.29, 0.717) is 0 Å². The molecule has 1 rings (SSSR count). The zero-order valence-corrected chi connectivity index (χ0v) is 7.37. The average molecular weight is 208 g/mol. The quantitative estimate of drug-likeness (QED) is 0.582. The summed E-state index contributed by atoms with van der Waals surface area (Å²) in [4.78, 5) is 0. The zero-order chi connectivity index (χ0) is 10.9. The van der Waals surface area contributed by atoms with Gasteiger partial charge in [0.1, 0.15) is 0 Å². The maximum atomic E-state index is 13.0. The van der Waals surface area contributed by atoms with Gasteiger partial charge in [-0.1, -0.05) is 0 Å². The summed E-state index contributed by atoms with van der Waals surface area (Å²) < 4.78 is 51.8. The van der Waals surface area contributed by atoms with E-state index in [2.05, 4.69) is 0 Å². The molecule has 78 valence electrons. The summed E-state index contributed by atoms with van der Waals surface area (Å²) in [5, 5.41) is 8.44. The second-order valence-corrected chi connectivity index (χ2v) is 2.83. The Labute approximate surface area is 78.0 Å². The molecule has 0 aliphatic carbocycles. The molecule has 0 heterocycles. The molecule has 0 fully saturated rings. The van der Waals surface area contributed by atoms with Crippen LogP contribution < -0.4 is 0 Å². The summed E-state index contributed by atoms with van der Waals surface area (Å²) in [5.74, 6) is -5.69. The molecule has 0 aromatic heterocycles. The van der Waals surface area contributed by atoms with Crippen molar-refractivity contribution in [2.24, 2.45) is 0 Å². The number of aliphatic hydroxyl groups is 1. The third-order valence-electron chi connectivity index (χ3n) is 1.94. The van der Waals surface area contributed by atoms with E-state index in [4.69, 9.17) is 5.11 Å². The fourth-order valence-corrected chi connectivity index (χ4v) is 1.12. The van der Waals surface area contributed by atoms with Crippen molar-refractivity contribution in [2.45, 2.75) is 13.3 Å². The minimum absolute atomic E-state index is 0.453. The van der Waals surface area contributed by atoms with E-state index in [1.54, 1.807) is 0 Å². The van der Waals surface area contributed by atoms with Gasteiger partial charge in [0.15, 0.2) is 23.3 Å². The molecule has 1 nitrogen and oxygen atoms in total. The maximum absolute atomic E-state index is 13.0. The first-order valence-corrected chi connectivity index (χ1v) is 3.93. The number of hydrogen-bond acceptors (Lipinski definition) is 1. The summed E-state index contributed by atoms with van der Waals surface area (Å²) in [6, 6.07) is 0. The Kier molecular flexibility index (Phi) is 3.10. The lowest BCUT2D eigenvalue weighted by Crippen LogP contribution is -2.07. The summed E-state index contributed by atoms with van der Waals surface area (Å²) in [5.41, 5.74) is -1.45. The van der Waals surface area contributed by atoms with Crippen LogP contribution in [0.5, 0.6) is 0 Å². The average Bonchev–Trinajstić information content (AvgIpc) is 2.19. The predicted octanol–water partition coefficient (Wildman–Crippen LogP) is 2.09. The van der Waals surface area contributed by atoms with Crippen LogP contribution in [-0.4, -0.2) is 11.7 Å². The van der Waals surface area contributed by atoms with Crippen LogP contribution in [0.25, 0.3) is 0 Å². The summed E-state index contributed by atoms with van der Waals surface area (Å²) in [7, 11) is 0. The first kappa shape index (κ1) is 11.0. The number of aliphatic hydroxyl groups excluding tert-OH is 1. The summed E-state index contributed by atoms with van der Waals surface area (Å²) in [6.45, 7) is 0.370. The molecular weight excluding hydrogens is 200 g/mol. The Morgan fingerprint density at radius 1 is 0.929 bits per heavy atom. The molecule has 0 atom stereocenters. The molecule has 0 aliphatic heterocycles. The normalized spacial score (nSPS) is 10.7. The molecule has 0 unspecified atom stereocenters. The van der Waals surface area contributed by atoms with Crippen LogP contribution in [0, 0.1) is 30.2 Å². The lowest BCUT2D eigenvalue weighted by molar-refractivity contribution is 0.292. The van der Waals surface area contributed by atoms with Crippen LogP contribution in [-0.2, 0) is 6.42 Å². The molecule has 0 aliphatic rings. The van der Waals surface area contributed by atoms with Crippen molar-refractivity contribution in [1.82, 2.24) is 0 Å². The van der Waals surface area contributed by atoms with E-state index >= 15 is 0 Å². The molecule has 0 radical (unpaired) electrons. The highest BCUT2D eigenvalue weighted by atomic mass is 19.2. The second-order valence-electron chi connectivity index (χ2n) is 2.83. The highest BCUT2D eigenvalue weighted by Gasteiger charge is 2.22. The SMILES string of the molecule is Cc1c(F)c(F)c(CCO)c(F)c1F. The minimum atomic E-state index is -1.43. The molecule has 0 bridgehead atoms. The van der Waals surface area contributed by atoms with Crippen molar-refractivity contribution in [3.05, 3.63) is 34.4 Å². The Hall–Kier alpha value is -1.10. The Balaban J connectivity index is 3.43. The van der Waals surface area contributed by atoms with Gasteiger partial charge in [-0.3, -0.25) is 0 Å². The van der Waals surface area contributed by atoms with Gasteiger partial charge < -0.3 is 5.11 Å². The van der Waals surface area contributed by atoms with Gasteiger partial charge >= 0.3 is 0 Å². The van der Waals surface area contributed by atoms with Crippen LogP contribution in [0.3, 0.4) is 0 Å². The van der Waals surface area contributed by atoms with Crippen LogP contribution in [0.1, 0.15) is 11.1 Å². The van der Waals surface area contributed by atoms with Gasteiger partial charge in [0.05, 0.1) is 0 Å².